The summed E-state index contributed by atoms with van der Waals surface area (Å²) in [7, 11) is -4.18. The summed E-state index contributed by atoms with van der Waals surface area (Å²) in [5.74, 6) is -1.57. The zero-order valence-electron chi connectivity index (χ0n) is 8.82. The van der Waals surface area contributed by atoms with Crippen LogP contribution < -0.4 is 0 Å². The Morgan fingerprint density at radius 3 is 2.42 bits per heavy atom. The number of esters is 1. The largest absolute Gasteiger partial charge is 2.00 e. The molecule has 0 spiro atoms. The van der Waals surface area contributed by atoms with Crippen molar-refractivity contribution in [3.63, 3.8) is 0 Å². The zero-order chi connectivity index (χ0) is 8.91. The number of rotatable bonds is 4. The third-order valence-electron chi connectivity index (χ3n) is 0.823. The maximum absolute atomic E-state index is 10.5. The van der Waals surface area contributed by atoms with Crippen LogP contribution in [0.25, 0.3) is 0 Å². The molecule has 0 aromatic heterocycles. The molecule has 0 bridgehead atoms. The fourth-order valence-electron chi connectivity index (χ4n) is 0.416. The van der Waals surface area contributed by atoms with Crippen LogP contribution in [-0.4, -0.2) is 47.9 Å². The van der Waals surface area contributed by atoms with E-state index in [0.717, 1.165) is 0 Å². The molecule has 0 amide bonds. The molecular formula is C5H12MgO5S. The van der Waals surface area contributed by atoms with Crippen molar-refractivity contribution in [3.05, 3.63) is 0 Å². The van der Waals surface area contributed by atoms with Crippen LogP contribution in [0.3, 0.4) is 0 Å². The van der Waals surface area contributed by atoms with Crippen molar-refractivity contribution in [1.82, 2.24) is 0 Å². The van der Waals surface area contributed by atoms with Gasteiger partial charge in [0, 0.05) is 6.42 Å². The van der Waals surface area contributed by atoms with Gasteiger partial charge in [0.2, 0.25) is 5.94 Å². The molecule has 0 aliphatic carbocycles. The van der Waals surface area contributed by atoms with Crippen molar-refractivity contribution >= 4 is 39.1 Å². The minimum Gasteiger partial charge on any atom is -1.00 e. The van der Waals surface area contributed by atoms with Crippen LogP contribution >= 0.6 is 0 Å². The molecule has 0 saturated carbocycles. The fourth-order valence-corrected chi connectivity index (χ4v) is 0.697. The first kappa shape index (κ1) is 14.7. The minimum absolute atomic E-state index is 0. The van der Waals surface area contributed by atoms with Crippen LogP contribution in [0.5, 0.6) is 0 Å². The second-order valence-corrected chi connectivity index (χ2v) is 3.37. The summed E-state index contributed by atoms with van der Waals surface area (Å²) < 4.78 is 32.3. The third kappa shape index (κ3) is 10.1. The van der Waals surface area contributed by atoms with Gasteiger partial charge in [-0.3, -0.25) is 9.35 Å². The van der Waals surface area contributed by atoms with Gasteiger partial charge >= 0.3 is 39.1 Å². The van der Waals surface area contributed by atoms with Gasteiger partial charge in [-0.05, 0) is 6.42 Å². The van der Waals surface area contributed by atoms with Crippen molar-refractivity contribution in [2.75, 3.05) is 5.94 Å². The molecule has 1 N–H and O–H groups in total. The summed E-state index contributed by atoms with van der Waals surface area (Å²) in [6.45, 7) is 1.76. The third-order valence-corrected chi connectivity index (χ3v) is 1.24. The van der Waals surface area contributed by atoms with Gasteiger partial charge in [0.15, 0.2) is 0 Å². The van der Waals surface area contributed by atoms with Gasteiger partial charge < -0.3 is 7.59 Å². The summed E-state index contributed by atoms with van der Waals surface area (Å²) in [5, 5.41) is 0. The first-order valence-corrected chi connectivity index (χ1v) is 4.67. The second kappa shape index (κ2) is 6.64. The average Bonchev–Trinajstić information content (AvgIpc) is 1.83. The normalized spacial score (nSPS) is 10.2. The van der Waals surface area contributed by atoms with Crippen LogP contribution in [-0.2, 0) is 19.6 Å². The van der Waals surface area contributed by atoms with E-state index in [9.17, 15) is 13.2 Å². The van der Waals surface area contributed by atoms with E-state index >= 15 is 0 Å². The van der Waals surface area contributed by atoms with Gasteiger partial charge in [0.05, 0.1) is 0 Å². The van der Waals surface area contributed by atoms with E-state index < -0.39 is 22.0 Å². The van der Waals surface area contributed by atoms with Gasteiger partial charge in [-0.2, -0.15) is 8.42 Å². The van der Waals surface area contributed by atoms with Crippen molar-refractivity contribution < 1.29 is 25.4 Å². The molecule has 0 rings (SSSR count). The predicted octanol–water partition coefficient (Wildman–Crippen LogP) is 0.0192. The first-order valence-electron chi connectivity index (χ1n) is 3.06. The van der Waals surface area contributed by atoms with Gasteiger partial charge in [0.25, 0.3) is 0 Å². The Kier molecular flexibility index (Phi) is 8.11. The van der Waals surface area contributed by atoms with Crippen LogP contribution in [0.1, 0.15) is 22.6 Å². The second-order valence-electron chi connectivity index (χ2n) is 1.97. The van der Waals surface area contributed by atoms with E-state index in [0.29, 0.717) is 6.42 Å². The van der Waals surface area contributed by atoms with Crippen LogP contribution in [0.15, 0.2) is 0 Å². The topological polar surface area (TPSA) is 80.7 Å². The number of hydrogen-bond acceptors (Lipinski definition) is 4. The molecule has 70 valence electrons. The Morgan fingerprint density at radius 2 is 2.08 bits per heavy atom. The van der Waals surface area contributed by atoms with Gasteiger partial charge in [0.1, 0.15) is 0 Å². The molecule has 5 nitrogen and oxygen atoms in total. The van der Waals surface area contributed by atoms with E-state index in [1.54, 1.807) is 6.92 Å². The van der Waals surface area contributed by atoms with Gasteiger partial charge in [-0.15, -0.1) is 0 Å². The Balaban J connectivity index is -0.000000167. The monoisotopic (exact) mass is 208 g/mol. The SMILES string of the molecule is CCCC(=O)OCS(=O)(=O)O.[H-].[H-].[Mg+2]. The van der Waals surface area contributed by atoms with E-state index in [1.807, 2.05) is 0 Å². The summed E-state index contributed by atoms with van der Waals surface area (Å²) in [5.41, 5.74) is 0. The predicted molar refractivity (Wildman–Crippen MR) is 45.4 cm³/mol. The van der Waals surface area contributed by atoms with E-state index in [1.165, 1.54) is 0 Å². The number of carbonyl (C=O) groups excluding carboxylic acids is 1. The standard InChI is InChI=1S/C5H10O5S.Mg.2H/c1-2-3-5(6)10-4-11(7,8)9;;;/h2-4H2,1H3,(H,7,8,9);;;/q;+2;2*-1. The van der Waals surface area contributed by atoms with Crippen molar-refractivity contribution in [2.45, 2.75) is 19.8 Å². The maximum atomic E-state index is 10.5. The molecule has 0 fully saturated rings. The van der Waals surface area contributed by atoms with E-state index in [2.05, 4.69) is 4.74 Å². The Labute approximate surface area is 90.3 Å². The number of carbonyl (C=O) groups is 1. The van der Waals surface area contributed by atoms with Gasteiger partial charge in [-0.25, -0.2) is 0 Å². The molecule has 0 aromatic carbocycles. The van der Waals surface area contributed by atoms with E-state index in [4.69, 9.17) is 4.55 Å². The molecule has 7 heteroatoms. The van der Waals surface area contributed by atoms with Crippen LogP contribution in [0.2, 0.25) is 0 Å². The average molecular weight is 209 g/mol. The molecule has 0 saturated heterocycles. The zero-order valence-corrected chi connectivity index (χ0v) is 9.05. The summed E-state index contributed by atoms with van der Waals surface area (Å²) in [6.07, 6.45) is 0.750. The fraction of sp³-hybridized carbons (Fsp3) is 0.800. The van der Waals surface area contributed by atoms with Crippen molar-refractivity contribution in [2.24, 2.45) is 0 Å². The molecular weight excluding hydrogens is 196 g/mol. The minimum atomic E-state index is -4.18. The Morgan fingerprint density at radius 1 is 1.58 bits per heavy atom. The first-order chi connectivity index (χ1) is 4.95. The molecule has 0 aliphatic rings. The van der Waals surface area contributed by atoms with Gasteiger partial charge in [-0.1, -0.05) is 6.92 Å². The smallest absolute Gasteiger partial charge is 1.00 e. The molecule has 0 radical (unpaired) electrons. The Bertz CT molecular complexity index is 230. The quantitative estimate of drug-likeness (QED) is 0.400. The molecule has 12 heavy (non-hydrogen) atoms. The number of hydrogen-bond donors (Lipinski definition) is 1. The Hall–Kier alpha value is 0.146. The molecule has 0 aliphatic heterocycles. The van der Waals surface area contributed by atoms with Crippen molar-refractivity contribution in [3.8, 4) is 0 Å². The molecule has 0 atom stereocenters. The maximum Gasteiger partial charge on any atom is 2.00 e. The summed E-state index contributed by atoms with van der Waals surface area (Å²) >= 11 is 0. The van der Waals surface area contributed by atoms with Crippen LogP contribution in [0.4, 0.5) is 0 Å². The van der Waals surface area contributed by atoms with Crippen LogP contribution in [0, 0.1) is 0 Å². The molecule has 0 aromatic rings. The summed E-state index contributed by atoms with van der Waals surface area (Å²) in [6, 6.07) is 0. The van der Waals surface area contributed by atoms with E-state index in [-0.39, 0.29) is 32.3 Å². The summed E-state index contributed by atoms with van der Waals surface area (Å²) in [4.78, 5) is 10.5. The number of ether oxygens (including phenoxy) is 1. The van der Waals surface area contributed by atoms with Crippen molar-refractivity contribution in [1.29, 1.82) is 0 Å². The molecule has 0 heterocycles. The molecule has 0 unspecified atom stereocenters.